The van der Waals surface area contributed by atoms with Crippen molar-refractivity contribution >= 4 is 33.8 Å². The normalized spacial score (nSPS) is 17.6. The quantitative estimate of drug-likeness (QED) is 0.433. The first-order chi connectivity index (χ1) is 15.1. The molecule has 1 aliphatic rings. The fraction of sp³-hybridized carbons (Fsp3) is 0.292. The van der Waals surface area contributed by atoms with E-state index >= 15 is 0 Å². The summed E-state index contributed by atoms with van der Waals surface area (Å²) < 4.78 is 0. The highest BCUT2D eigenvalue weighted by Gasteiger charge is 2.23. The van der Waals surface area contributed by atoms with Crippen molar-refractivity contribution in [3.05, 3.63) is 65.1 Å². The zero-order chi connectivity index (χ0) is 21.4. The molecule has 0 saturated heterocycles. The molecule has 5 rings (SSSR count). The summed E-state index contributed by atoms with van der Waals surface area (Å²) in [5.74, 6) is 2.30. The summed E-state index contributed by atoms with van der Waals surface area (Å²) in [6.07, 6.45) is 3.42. The Labute approximate surface area is 179 Å². The number of amides is 1. The van der Waals surface area contributed by atoms with Gasteiger partial charge in [0.25, 0.3) is 5.91 Å². The number of rotatable bonds is 4. The van der Waals surface area contributed by atoms with E-state index in [4.69, 9.17) is 0 Å². The summed E-state index contributed by atoms with van der Waals surface area (Å²) in [4.78, 5) is 32.6. The molecule has 1 amide bonds. The summed E-state index contributed by atoms with van der Waals surface area (Å²) in [6, 6.07) is 13.6. The number of H-pyrrole nitrogens is 2. The van der Waals surface area contributed by atoms with Crippen molar-refractivity contribution in [3.8, 4) is 0 Å². The predicted molar refractivity (Wildman–Crippen MR) is 118 cm³/mol. The first-order valence-electron chi connectivity index (χ1n) is 10.6. The van der Waals surface area contributed by atoms with Crippen molar-refractivity contribution in [3.63, 3.8) is 0 Å². The lowest BCUT2D eigenvalue weighted by Gasteiger charge is -2.21. The van der Waals surface area contributed by atoms with Crippen molar-refractivity contribution < 1.29 is 9.59 Å². The van der Waals surface area contributed by atoms with Gasteiger partial charge in [-0.15, -0.1) is 0 Å². The van der Waals surface area contributed by atoms with Gasteiger partial charge >= 0.3 is 0 Å². The van der Waals surface area contributed by atoms with E-state index < -0.39 is 0 Å². The molecular weight excluding hydrogens is 390 g/mol. The molecule has 1 fully saturated rings. The van der Waals surface area contributed by atoms with Crippen LogP contribution < -0.4 is 5.32 Å². The number of aromatic amines is 2. The van der Waals surface area contributed by atoms with Crippen LogP contribution in [0.1, 0.15) is 66.4 Å². The molecular formula is C24H23N5O2. The van der Waals surface area contributed by atoms with Crippen LogP contribution in [-0.4, -0.2) is 32.0 Å². The average molecular weight is 413 g/mol. The highest BCUT2D eigenvalue weighted by molar-refractivity contribution is 5.99. The first kappa shape index (κ1) is 19.3. The summed E-state index contributed by atoms with van der Waals surface area (Å²) in [6.45, 7) is 1.94. The monoisotopic (exact) mass is 413 g/mol. The number of carbonyl (C=O) groups excluding carboxylic acids is 2. The Morgan fingerprint density at radius 2 is 1.81 bits per heavy atom. The van der Waals surface area contributed by atoms with Crippen molar-refractivity contribution in [2.45, 2.75) is 44.6 Å². The fourth-order valence-electron chi connectivity index (χ4n) is 4.40. The zero-order valence-electron chi connectivity index (χ0n) is 17.2. The van der Waals surface area contributed by atoms with E-state index in [1.807, 2.05) is 49.4 Å². The summed E-state index contributed by atoms with van der Waals surface area (Å²) in [5, 5.41) is 10.5. The maximum absolute atomic E-state index is 12.7. The van der Waals surface area contributed by atoms with Crippen LogP contribution in [0.4, 0.5) is 0 Å². The Morgan fingerprint density at radius 3 is 2.52 bits per heavy atom. The standard InChI is InChI=1S/C24H23N5O2/c1-14(16-5-3-2-4-6-16)25-24(31)23-26-20-11-18-19(12-21(20)27-23)28-29-22(18)17-9-7-15(13-30)8-10-17/h2-6,11-12,14,17,28-29H,7-10H2,1H3,(H,25,31)/t14-/m1/s1. The van der Waals surface area contributed by atoms with Gasteiger partial charge in [0.05, 0.1) is 22.6 Å². The summed E-state index contributed by atoms with van der Waals surface area (Å²) in [5.41, 5.74) is 5.34. The number of fused-ring (bicyclic) bond motifs is 2. The third-order valence-corrected chi connectivity index (χ3v) is 6.18. The Morgan fingerprint density at radius 1 is 1.10 bits per heavy atom. The van der Waals surface area contributed by atoms with E-state index in [0.717, 1.165) is 53.4 Å². The van der Waals surface area contributed by atoms with Crippen molar-refractivity contribution in [1.82, 2.24) is 25.5 Å². The largest absolute Gasteiger partial charge is 0.343 e. The molecule has 3 N–H and O–H groups in total. The second-order valence-electron chi connectivity index (χ2n) is 8.18. The third-order valence-electron chi connectivity index (χ3n) is 6.18. The van der Waals surface area contributed by atoms with E-state index in [0.29, 0.717) is 17.0 Å². The summed E-state index contributed by atoms with van der Waals surface area (Å²) >= 11 is 0. The van der Waals surface area contributed by atoms with Crippen LogP contribution in [0.5, 0.6) is 0 Å². The number of carbonyl (C=O) groups is 1. The average Bonchev–Trinajstić information content (AvgIpc) is 3.41. The van der Waals surface area contributed by atoms with Crippen LogP contribution in [0.25, 0.3) is 21.9 Å². The Balaban J connectivity index is 1.41. The number of hydrogen-bond donors (Lipinski definition) is 3. The lowest BCUT2D eigenvalue weighted by atomic mass is 9.83. The molecule has 31 heavy (non-hydrogen) atoms. The number of imidazole rings is 1. The SMILES string of the molecule is C[C@@H](NC(=O)c1nc2cc3[nH][nH]c(C4CCC(=C=O)CC4)c3cc2n1)c1ccccc1. The van der Waals surface area contributed by atoms with Gasteiger partial charge in [-0.05, 0) is 50.3 Å². The van der Waals surface area contributed by atoms with E-state index in [9.17, 15) is 9.59 Å². The third kappa shape index (κ3) is 3.64. The molecule has 0 radical (unpaired) electrons. The molecule has 2 aromatic heterocycles. The maximum atomic E-state index is 12.7. The molecule has 1 aliphatic carbocycles. The maximum Gasteiger partial charge on any atom is 0.289 e. The molecule has 7 nitrogen and oxygen atoms in total. The number of hydrogen-bond acceptors (Lipinski definition) is 4. The second kappa shape index (κ2) is 7.85. The van der Waals surface area contributed by atoms with Gasteiger partial charge in [0.15, 0.2) is 0 Å². The van der Waals surface area contributed by atoms with Crippen LogP contribution in [-0.2, 0) is 4.79 Å². The lowest BCUT2D eigenvalue weighted by molar-refractivity contribution is 0.0930. The van der Waals surface area contributed by atoms with Gasteiger partial charge < -0.3 is 15.5 Å². The fourth-order valence-corrected chi connectivity index (χ4v) is 4.40. The van der Waals surface area contributed by atoms with Crippen LogP contribution in [0.15, 0.2) is 48.0 Å². The molecule has 0 unspecified atom stereocenters. The van der Waals surface area contributed by atoms with Crippen LogP contribution in [0.3, 0.4) is 0 Å². The molecule has 156 valence electrons. The predicted octanol–water partition coefficient (Wildman–Crippen LogP) is 4.35. The second-order valence-corrected chi connectivity index (χ2v) is 8.18. The van der Waals surface area contributed by atoms with Crippen molar-refractivity contribution in [2.75, 3.05) is 0 Å². The van der Waals surface area contributed by atoms with Gasteiger partial charge in [-0.25, -0.2) is 14.8 Å². The lowest BCUT2D eigenvalue weighted by Crippen LogP contribution is -2.27. The number of benzene rings is 2. The van der Waals surface area contributed by atoms with Crippen molar-refractivity contribution in [1.29, 1.82) is 0 Å². The van der Waals surface area contributed by atoms with Crippen LogP contribution >= 0.6 is 0 Å². The van der Waals surface area contributed by atoms with E-state index in [2.05, 4.69) is 31.4 Å². The highest BCUT2D eigenvalue weighted by atomic mass is 16.2. The topological polar surface area (TPSA) is 104 Å². The minimum atomic E-state index is -0.288. The van der Waals surface area contributed by atoms with Gasteiger partial charge in [0, 0.05) is 22.6 Å². The van der Waals surface area contributed by atoms with E-state index in [1.54, 1.807) is 0 Å². The summed E-state index contributed by atoms with van der Waals surface area (Å²) in [7, 11) is 0. The molecule has 1 atom stereocenters. The minimum absolute atomic E-state index is 0.136. The van der Waals surface area contributed by atoms with Gasteiger partial charge in [-0.1, -0.05) is 30.3 Å². The van der Waals surface area contributed by atoms with Gasteiger partial charge in [-0.3, -0.25) is 4.79 Å². The molecule has 0 bridgehead atoms. The first-order valence-corrected chi connectivity index (χ1v) is 10.6. The van der Waals surface area contributed by atoms with Gasteiger partial charge in [0.2, 0.25) is 5.82 Å². The Bertz CT molecular complexity index is 1300. The number of allylic oxidation sites excluding steroid dienone is 1. The van der Waals surface area contributed by atoms with Crippen molar-refractivity contribution in [2.24, 2.45) is 0 Å². The highest BCUT2D eigenvalue weighted by Crippen LogP contribution is 2.37. The molecule has 7 heteroatoms. The minimum Gasteiger partial charge on any atom is -0.343 e. The zero-order valence-corrected chi connectivity index (χ0v) is 17.2. The number of nitrogens with one attached hydrogen (secondary N) is 3. The van der Waals surface area contributed by atoms with E-state index in [-0.39, 0.29) is 17.8 Å². The molecule has 2 aromatic carbocycles. The molecule has 4 aromatic rings. The van der Waals surface area contributed by atoms with Gasteiger partial charge in [0.1, 0.15) is 5.94 Å². The molecule has 2 heterocycles. The van der Waals surface area contributed by atoms with Crippen LogP contribution in [0.2, 0.25) is 0 Å². The molecule has 0 aliphatic heterocycles. The molecule has 0 spiro atoms. The van der Waals surface area contributed by atoms with Gasteiger partial charge in [-0.2, -0.15) is 0 Å². The van der Waals surface area contributed by atoms with Crippen LogP contribution in [0, 0.1) is 0 Å². The molecule has 1 saturated carbocycles. The Hall–Kier alpha value is -3.70. The smallest absolute Gasteiger partial charge is 0.289 e. The van der Waals surface area contributed by atoms with E-state index in [1.165, 1.54) is 0 Å². The number of nitrogens with zero attached hydrogens (tertiary/aromatic N) is 2. The number of aromatic nitrogens is 4. The Kier molecular flexibility index (Phi) is 4.88.